The maximum absolute atomic E-state index is 12.8. The minimum Gasteiger partial charge on any atom is -0.381 e. The maximum atomic E-state index is 12.8. The van der Waals surface area contributed by atoms with Gasteiger partial charge in [-0.3, -0.25) is 5.10 Å². The van der Waals surface area contributed by atoms with E-state index in [1.165, 1.54) is 4.31 Å². The summed E-state index contributed by atoms with van der Waals surface area (Å²) >= 11 is 0. The van der Waals surface area contributed by atoms with Gasteiger partial charge < -0.3 is 10.1 Å². The molecule has 0 bridgehead atoms. The average Bonchev–Trinajstić information content (AvgIpc) is 2.86. The third kappa shape index (κ3) is 3.45. The molecule has 0 saturated carbocycles. The lowest BCUT2D eigenvalue weighted by Gasteiger charge is -2.30. The zero-order valence-corrected chi connectivity index (χ0v) is 13.7. The van der Waals surface area contributed by atoms with Crippen molar-refractivity contribution in [1.29, 1.82) is 0 Å². The van der Waals surface area contributed by atoms with Gasteiger partial charge in [0, 0.05) is 26.7 Å². The predicted molar refractivity (Wildman–Crippen MR) is 79.5 cm³/mol. The Morgan fingerprint density at radius 1 is 1.43 bits per heavy atom. The number of aromatic amines is 1. The Morgan fingerprint density at radius 2 is 2.10 bits per heavy atom. The van der Waals surface area contributed by atoms with E-state index < -0.39 is 10.0 Å². The molecule has 0 unspecified atom stereocenters. The van der Waals surface area contributed by atoms with Gasteiger partial charge in [0.25, 0.3) is 0 Å². The van der Waals surface area contributed by atoms with Crippen LogP contribution in [0.4, 0.5) is 0 Å². The summed E-state index contributed by atoms with van der Waals surface area (Å²) in [4.78, 5) is 0.319. The van der Waals surface area contributed by atoms with Crippen molar-refractivity contribution in [3.63, 3.8) is 0 Å². The van der Waals surface area contributed by atoms with Crippen LogP contribution in [-0.2, 0) is 21.3 Å². The van der Waals surface area contributed by atoms with Gasteiger partial charge in [-0.05, 0) is 26.3 Å². The highest BCUT2D eigenvalue weighted by Gasteiger charge is 2.33. The molecule has 7 nitrogen and oxygen atoms in total. The number of aryl methyl sites for hydroxylation is 1. The van der Waals surface area contributed by atoms with Gasteiger partial charge in [0.05, 0.1) is 17.5 Å². The van der Waals surface area contributed by atoms with E-state index in [0.29, 0.717) is 35.9 Å². The van der Waals surface area contributed by atoms with Crippen LogP contribution in [0.3, 0.4) is 0 Å². The standard InChI is InChI=1S/C13H24N4O3S/c1-4-14-9-12-13(10(2)15-16-12)21(18,19)17-7-5-11(20-3)6-8-17/h11,14H,4-9H2,1-3H3,(H,15,16). The molecule has 1 fully saturated rings. The molecular weight excluding hydrogens is 292 g/mol. The molecule has 2 N–H and O–H groups in total. The molecule has 0 radical (unpaired) electrons. The van der Waals surface area contributed by atoms with Gasteiger partial charge in [-0.15, -0.1) is 0 Å². The second kappa shape index (κ2) is 6.87. The topological polar surface area (TPSA) is 87.3 Å². The first-order chi connectivity index (χ1) is 10.0. The fourth-order valence-electron chi connectivity index (χ4n) is 2.61. The molecule has 0 aliphatic carbocycles. The van der Waals surface area contributed by atoms with Crippen molar-refractivity contribution in [3.05, 3.63) is 11.4 Å². The number of hydrogen-bond donors (Lipinski definition) is 2. The van der Waals surface area contributed by atoms with E-state index in [1.54, 1.807) is 14.0 Å². The number of sulfonamides is 1. The van der Waals surface area contributed by atoms with E-state index in [4.69, 9.17) is 4.74 Å². The summed E-state index contributed by atoms with van der Waals surface area (Å²) in [6.45, 7) is 5.92. The van der Waals surface area contributed by atoms with Gasteiger partial charge in [0.1, 0.15) is 4.90 Å². The molecule has 1 saturated heterocycles. The van der Waals surface area contributed by atoms with Crippen LogP contribution in [0.25, 0.3) is 0 Å². The summed E-state index contributed by atoms with van der Waals surface area (Å²) < 4.78 is 32.5. The molecule has 1 aromatic rings. The highest BCUT2D eigenvalue weighted by Crippen LogP contribution is 2.25. The van der Waals surface area contributed by atoms with Gasteiger partial charge in [0.2, 0.25) is 10.0 Å². The number of aromatic nitrogens is 2. The normalized spacial score (nSPS) is 18.2. The summed E-state index contributed by atoms with van der Waals surface area (Å²) in [7, 11) is -1.83. The zero-order chi connectivity index (χ0) is 15.5. The smallest absolute Gasteiger partial charge is 0.246 e. The molecule has 1 aliphatic rings. The van der Waals surface area contributed by atoms with Crippen molar-refractivity contribution in [3.8, 4) is 0 Å². The second-order valence-electron chi connectivity index (χ2n) is 5.24. The van der Waals surface area contributed by atoms with E-state index in [0.717, 1.165) is 19.4 Å². The van der Waals surface area contributed by atoms with Crippen LogP contribution in [0.5, 0.6) is 0 Å². The molecule has 0 amide bonds. The van der Waals surface area contributed by atoms with Crippen LogP contribution < -0.4 is 5.32 Å². The fourth-order valence-corrected chi connectivity index (χ4v) is 4.41. The van der Waals surface area contributed by atoms with Crippen LogP contribution in [0, 0.1) is 6.92 Å². The number of H-pyrrole nitrogens is 1. The molecule has 0 atom stereocenters. The maximum Gasteiger partial charge on any atom is 0.246 e. The number of nitrogens with zero attached hydrogens (tertiary/aromatic N) is 2. The molecule has 120 valence electrons. The van der Waals surface area contributed by atoms with Crippen molar-refractivity contribution in [2.45, 2.75) is 44.2 Å². The lowest BCUT2D eigenvalue weighted by molar-refractivity contribution is 0.0604. The molecule has 21 heavy (non-hydrogen) atoms. The summed E-state index contributed by atoms with van der Waals surface area (Å²) in [5, 5.41) is 10.0. The van der Waals surface area contributed by atoms with Crippen molar-refractivity contribution in [1.82, 2.24) is 19.8 Å². The van der Waals surface area contributed by atoms with E-state index in [-0.39, 0.29) is 6.10 Å². The average molecular weight is 316 g/mol. The molecular formula is C13H24N4O3S. The number of methoxy groups -OCH3 is 1. The first-order valence-corrected chi connectivity index (χ1v) is 8.72. The van der Waals surface area contributed by atoms with E-state index in [2.05, 4.69) is 15.5 Å². The Bertz CT molecular complexity index is 562. The number of ether oxygens (including phenoxy) is 1. The second-order valence-corrected chi connectivity index (χ2v) is 7.12. The molecule has 2 heterocycles. The van der Waals surface area contributed by atoms with Gasteiger partial charge >= 0.3 is 0 Å². The largest absolute Gasteiger partial charge is 0.381 e. The summed E-state index contributed by atoms with van der Waals surface area (Å²) in [5.74, 6) is 0. The fraction of sp³-hybridized carbons (Fsp3) is 0.769. The number of piperidine rings is 1. The van der Waals surface area contributed by atoms with Gasteiger partial charge in [-0.1, -0.05) is 6.92 Å². The van der Waals surface area contributed by atoms with Crippen LogP contribution in [-0.4, -0.2) is 55.8 Å². The lowest BCUT2D eigenvalue weighted by Crippen LogP contribution is -2.41. The molecule has 1 aromatic heterocycles. The Balaban J connectivity index is 2.22. The van der Waals surface area contributed by atoms with Gasteiger partial charge in [-0.2, -0.15) is 9.40 Å². The van der Waals surface area contributed by atoms with Crippen LogP contribution >= 0.6 is 0 Å². The zero-order valence-electron chi connectivity index (χ0n) is 12.8. The number of rotatable bonds is 6. The Labute approximate surface area is 126 Å². The summed E-state index contributed by atoms with van der Waals surface area (Å²) in [5.41, 5.74) is 1.15. The Morgan fingerprint density at radius 3 is 2.67 bits per heavy atom. The minimum atomic E-state index is -3.50. The molecule has 8 heteroatoms. The molecule has 2 rings (SSSR count). The SMILES string of the molecule is CCNCc1n[nH]c(C)c1S(=O)(=O)N1CCC(OC)CC1. The molecule has 1 aliphatic heterocycles. The van der Waals surface area contributed by atoms with Crippen LogP contribution in [0.15, 0.2) is 4.90 Å². The highest BCUT2D eigenvalue weighted by atomic mass is 32.2. The van der Waals surface area contributed by atoms with Crippen molar-refractivity contribution >= 4 is 10.0 Å². The van der Waals surface area contributed by atoms with E-state index in [9.17, 15) is 8.42 Å². The third-order valence-electron chi connectivity index (χ3n) is 3.84. The Hall–Kier alpha value is -0.960. The van der Waals surface area contributed by atoms with Gasteiger partial charge in [-0.25, -0.2) is 8.42 Å². The van der Waals surface area contributed by atoms with E-state index >= 15 is 0 Å². The Kier molecular flexibility index (Phi) is 5.37. The monoisotopic (exact) mass is 316 g/mol. The predicted octanol–water partition coefficient (Wildman–Crippen LogP) is 0.627. The summed E-state index contributed by atoms with van der Waals surface area (Å²) in [6, 6.07) is 0. The molecule has 0 aromatic carbocycles. The minimum absolute atomic E-state index is 0.156. The highest BCUT2D eigenvalue weighted by molar-refractivity contribution is 7.89. The summed E-state index contributed by atoms with van der Waals surface area (Å²) in [6.07, 6.45) is 1.62. The lowest BCUT2D eigenvalue weighted by atomic mass is 10.1. The van der Waals surface area contributed by atoms with Crippen molar-refractivity contribution in [2.75, 3.05) is 26.7 Å². The van der Waals surface area contributed by atoms with Crippen LogP contribution in [0.2, 0.25) is 0 Å². The number of hydrogen-bond acceptors (Lipinski definition) is 5. The third-order valence-corrected chi connectivity index (χ3v) is 5.94. The first-order valence-electron chi connectivity index (χ1n) is 7.28. The van der Waals surface area contributed by atoms with Crippen molar-refractivity contribution < 1.29 is 13.2 Å². The van der Waals surface area contributed by atoms with Crippen molar-refractivity contribution in [2.24, 2.45) is 0 Å². The number of nitrogens with one attached hydrogen (secondary N) is 2. The molecule has 0 spiro atoms. The van der Waals surface area contributed by atoms with Gasteiger partial charge in [0.15, 0.2) is 0 Å². The first kappa shape index (κ1) is 16.4. The quantitative estimate of drug-likeness (QED) is 0.803. The van der Waals surface area contributed by atoms with Crippen LogP contribution in [0.1, 0.15) is 31.2 Å². The van der Waals surface area contributed by atoms with E-state index in [1.807, 2.05) is 6.92 Å².